The van der Waals surface area contributed by atoms with Gasteiger partial charge in [0.1, 0.15) is 18.1 Å². The summed E-state index contributed by atoms with van der Waals surface area (Å²) >= 11 is 0. The maximum absolute atomic E-state index is 13.1. The Morgan fingerprint density at radius 2 is 1.56 bits per heavy atom. The van der Waals surface area contributed by atoms with Crippen LogP contribution < -0.4 is 21.7 Å². The maximum atomic E-state index is 13.1. The van der Waals surface area contributed by atoms with Gasteiger partial charge in [-0.05, 0) is 30.9 Å². The summed E-state index contributed by atoms with van der Waals surface area (Å²) in [7, 11) is 0. The van der Waals surface area contributed by atoms with Gasteiger partial charge in [0.25, 0.3) is 0 Å². The Morgan fingerprint density at radius 3 is 2.15 bits per heavy atom. The van der Waals surface area contributed by atoms with Gasteiger partial charge in [-0.2, -0.15) is 0 Å². The number of H-pyrrole nitrogens is 1. The number of carboxylic acid groups (broad SMARTS) is 2. The van der Waals surface area contributed by atoms with Crippen molar-refractivity contribution in [3.8, 4) is 0 Å². The zero-order valence-electron chi connectivity index (χ0n) is 22.1. The van der Waals surface area contributed by atoms with Crippen LogP contribution in [0.2, 0.25) is 0 Å². The van der Waals surface area contributed by atoms with Crippen molar-refractivity contribution in [2.45, 2.75) is 76.7 Å². The van der Waals surface area contributed by atoms with Crippen molar-refractivity contribution < 1.29 is 39.3 Å². The third kappa shape index (κ3) is 8.79. The summed E-state index contributed by atoms with van der Waals surface area (Å²) in [6.07, 6.45) is 0.194. The molecule has 3 amide bonds. The number of aromatic amines is 1. The molecule has 0 bridgehead atoms. The molecule has 13 nitrogen and oxygen atoms in total. The molecule has 0 saturated carbocycles. The lowest BCUT2D eigenvalue weighted by Crippen LogP contribution is -2.61. The number of aliphatic hydroxyl groups is 1. The summed E-state index contributed by atoms with van der Waals surface area (Å²) in [5.74, 6) is -5.27. The molecule has 0 spiro atoms. The number of benzene rings is 1. The van der Waals surface area contributed by atoms with Gasteiger partial charge in [-0.3, -0.25) is 19.2 Å². The summed E-state index contributed by atoms with van der Waals surface area (Å²) in [4.78, 5) is 64.5. The maximum Gasteiger partial charge on any atom is 0.326 e. The average Bonchev–Trinajstić information content (AvgIpc) is 3.30. The number of fused-ring (bicyclic) bond motifs is 1. The third-order valence-corrected chi connectivity index (χ3v) is 6.58. The highest BCUT2D eigenvalue weighted by Crippen LogP contribution is 2.19. The Kier molecular flexibility index (Phi) is 11.4. The quantitative estimate of drug-likeness (QED) is 0.148. The molecule has 214 valence electrons. The highest BCUT2D eigenvalue weighted by molar-refractivity contribution is 5.95. The number of hydrogen-bond donors (Lipinski definition) is 8. The molecule has 0 aliphatic heterocycles. The second-order valence-electron chi connectivity index (χ2n) is 9.60. The van der Waals surface area contributed by atoms with E-state index < -0.39 is 65.8 Å². The molecule has 13 heteroatoms. The van der Waals surface area contributed by atoms with Crippen LogP contribution in [0, 0.1) is 5.92 Å². The van der Waals surface area contributed by atoms with Crippen molar-refractivity contribution >= 4 is 40.6 Å². The first kappa shape index (κ1) is 31.2. The fourth-order valence-electron chi connectivity index (χ4n) is 4.00. The zero-order chi connectivity index (χ0) is 29.3. The molecule has 39 heavy (non-hydrogen) atoms. The van der Waals surface area contributed by atoms with Crippen molar-refractivity contribution in [2.24, 2.45) is 11.7 Å². The lowest BCUT2D eigenvalue weighted by molar-refractivity contribution is -0.143. The van der Waals surface area contributed by atoms with Crippen molar-refractivity contribution in [1.29, 1.82) is 0 Å². The van der Waals surface area contributed by atoms with E-state index in [0.29, 0.717) is 12.0 Å². The lowest BCUT2D eigenvalue weighted by Gasteiger charge is -2.29. The fourth-order valence-corrected chi connectivity index (χ4v) is 4.00. The summed E-state index contributed by atoms with van der Waals surface area (Å²) < 4.78 is 0. The van der Waals surface area contributed by atoms with Gasteiger partial charge in [0.05, 0.1) is 12.1 Å². The van der Waals surface area contributed by atoms with Gasteiger partial charge < -0.3 is 42.0 Å². The Morgan fingerprint density at radius 1 is 0.949 bits per heavy atom. The van der Waals surface area contributed by atoms with Gasteiger partial charge in [-0.15, -0.1) is 0 Å². The standard InChI is InChI=1S/C26H37N5O8/c1-4-13(2)21(30-23(35)17(27)9-10-20(33)34)24(36)31-22(14(3)32)25(37)29-19(26(38)39)11-15-12-28-18-8-6-5-7-16(15)18/h5-8,12-14,17,19,21-22,28,32H,4,9-11,27H2,1-3H3,(H,29,37)(H,30,35)(H,31,36)(H,33,34)(H,38,39). The predicted octanol–water partition coefficient (Wildman–Crippen LogP) is -0.132. The molecular formula is C26H37N5O8. The van der Waals surface area contributed by atoms with Gasteiger partial charge in [0, 0.05) is 29.9 Å². The number of hydrogen-bond acceptors (Lipinski definition) is 7. The van der Waals surface area contributed by atoms with Crippen LogP contribution in [0.25, 0.3) is 10.9 Å². The minimum Gasteiger partial charge on any atom is -0.481 e. The molecule has 2 rings (SSSR count). The topological polar surface area (TPSA) is 224 Å². The van der Waals surface area contributed by atoms with Gasteiger partial charge in [0.15, 0.2) is 0 Å². The Balaban J connectivity index is 2.15. The smallest absolute Gasteiger partial charge is 0.326 e. The van der Waals surface area contributed by atoms with Crippen molar-refractivity contribution in [3.05, 3.63) is 36.0 Å². The number of carbonyl (C=O) groups is 5. The van der Waals surface area contributed by atoms with E-state index in [0.717, 1.165) is 10.9 Å². The lowest BCUT2D eigenvalue weighted by atomic mass is 9.96. The van der Waals surface area contributed by atoms with Crippen LogP contribution in [0.3, 0.4) is 0 Å². The molecule has 0 saturated heterocycles. The first-order valence-electron chi connectivity index (χ1n) is 12.7. The molecule has 0 radical (unpaired) electrons. The van der Waals surface area contributed by atoms with E-state index in [2.05, 4.69) is 20.9 Å². The second-order valence-corrected chi connectivity index (χ2v) is 9.60. The Hall–Kier alpha value is -3.97. The molecule has 1 aromatic carbocycles. The highest BCUT2D eigenvalue weighted by atomic mass is 16.4. The van der Waals surface area contributed by atoms with Gasteiger partial charge >= 0.3 is 11.9 Å². The molecule has 1 aromatic heterocycles. The number of nitrogens with one attached hydrogen (secondary N) is 4. The van der Waals surface area contributed by atoms with E-state index in [4.69, 9.17) is 10.8 Å². The summed E-state index contributed by atoms with van der Waals surface area (Å²) in [6, 6.07) is 2.09. The van der Waals surface area contributed by atoms with Crippen LogP contribution >= 0.6 is 0 Å². The van der Waals surface area contributed by atoms with Crippen LogP contribution in [-0.2, 0) is 30.4 Å². The first-order chi connectivity index (χ1) is 18.3. The largest absolute Gasteiger partial charge is 0.481 e. The van der Waals surface area contributed by atoms with Crippen molar-refractivity contribution in [2.75, 3.05) is 0 Å². The van der Waals surface area contributed by atoms with Crippen molar-refractivity contribution in [3.63, 3.8) is 0 Å². The number of para-hydroxylation sites is 1. The Bertz CT molecular complexity index is 1180. The molecular weight excluding hydrogens is 510 g/mol. The molecule has 0 aliphatic rings. The van der Waals surface area contributed by atoms with Crippen LogP contribution in [0.4, 0.5) is 0 Å². The van der Waals surface area contributed by atoms with Crippen LogP contribution in [0.5, 0.6) is 0 Å². The minimum absolute atomic E-state index is 0.0503. The third-order valence-electron chi connectivity index (χ3n) is 6.58. The summed E-state index contributed by atoms with van der Waals surface area (Å²) in [5, 5.41) is 36.9. The number of amides is 3. The van der Waals surface area contributed by atoms with Crippen LogP contribution in [0.1, 0.15) is 45.6 Å². The molecule has 6 unspecified atom stereocenters. The predicted molar refractivity (Wildman–Crippen MR) is 141 cm³/mol. The summed E-state index contributed by atoms with van der Waals surface area (Å²) in [6.45, 7) is 4.73. The minimum atomic E-state index is -1.52. The van der Waals surface area contributed by atoms with E-state index in [9.17, 15) is 34.2 Å². The second kappa shape index (κ2) is 14.3. The number of carbonyl (C=O) groups excluding carboxylic acids is 3. The molecule has 0 aliphatic carbocycles. The molecule has 2 aromatic rings. The summed E-state index contributed by atoms with van der Waals surface area (Å²) in [5.41, 5.74) is 7.22. The number of aliphatic carboxylic acids is 2. The highest BCUT2D eigenvalue weighted by Gasteiger charge is 2.34. The number of carboxylic acids is 2. The fraction of sp³-hybridized carbons (Fsp3) is 0.500. The number of aromatic nitrogens is 1. The van der Waals surface area contributed by atoms with E-state index in [1.54, 1.807) is 26.1 Å². The van der Waals surface area contributed by atoms with E-state index in [1.165, 1.54) is 6.92 Å². The van der Waals surface area contributed by atoms with E-state index in [1.807, 2.05) is 18.2 Å². The van der Waals surface area contributed by atoms with Crippen LogP contribution in [0.15, 0.2) is 30.5 Å². The molecule has 9 N–H and O–H groups in total. The van der Waals surface area contributed by atoms with Gasteiger partial charge in [-0.25, -0.2) is 4.79 Å². The van der Waals surface area contributed by atoms with Crippen LogP contribution in [-0.4, -0.2) is 80.2 Å². The number of aliphatic hydroxyl groups excluding tert-OH is 1. The monoisotopic (exact) mass is 547 g/mol. The average molecular weight is 548 g/mol. The Labute approximate surface area is 225 Å². The molecule has 6 atom stereocenters. The van der Waals surface area contributed by atoms with Crippen molar-refractivity contribution in [1.82, 2.24) is 20.9 Å². The number of rotatable bonds is 15. The zero-order valence-corrected chi connectivity index (χ0v) is 22.1. The SMILES string of the molecule is CCC(C)C(NC(=O)C(N)CCC(=O)O)C(=O)NC(C(=O)NC(Cc1c[nH]c2ccccc12)C(=O)O)C(C)O. The number of nitrogens with two attached hydrogens (primary N) is 1. The van der Waals surface area contributed by atoms with E-state index in [-0.39, 0.29) is 19.3 Å². The molecule has 0 fully saturated rings. The van der Waals surface area contributed by atoms with E-state index >= 15 is 0 Å². The van der Waals surface area contributed by atoms with Gasteiger partial charge in [-0.1, -0.05) is 38.5 Å². The molecule has 1 heterocycles. The first-order valence-corrected chi connectivity index (χ1v) is 12.7. The van der Waals surface area contributed by atoms with Gasteiger partial charge in [0.2, 0.25) is 17.7 Å². The normalized spacial score (nSPS) is 15.8.